The molecule has 126 heavy (non-hydrogen) atoms. The average molecular weight is 1630 g/mol. The van der Waals surface area contributed by atoms with Crippen LogP contribution < -0.4 is 14.7 Å². The third-order valence-electron chi connectivity index (χ3n) is 28.4. The molecule has 24 aromatic rings. The predicted molar refractivity (Wildman–Crippen MR) is 536 cm³/mol. The van der Waals surface area contributed by atoms with Gasteiger partial charge in [0.1, 0.15) is 16.7 Å². The number of hydrogen-bond donors (Lipinski definition) is 0. The van der Waals surface area contributed by atoms with Gasteiger partial charge in [-0.1, -0.05) is 307 Å². The summed E-state index contributed by atoms with van der Waals surface area (Å²) in [6.45, 7) is 8.95. The van der Waals surface area contributed by atoms with Gasteiger partial charge in [0, 0.05) is 65.5 Å². The van der Waals surface area contributed by atoms with Crippen LogP contribution in [-0.2, 0) is 12.8 Å². The number of furan rings is 3. The van der Waals surface area contributed by atoms with Crippen molar-refractivity contribution in [1.82, 2.24) is 0 Å². The lowest BCUT2D eigenvalue weighted by Crippen LogP contribution is -2.13. The van der Waals surface area contributed by atoms with E-state index in [0.29, 0.717) is 11.8 Å². The molecule has 21 aromatic carbocycles. The SMILES string of the molecule is CCc1ccc2ccc3c(CC)cc(N(c4ccccc4)c4cccc5c4oc4ccccc45)c4ccc1c2c34.Cc1ccc2ccc3c(C)cc(N(c4ccccc4)c4cccc5c4oc4ccccc45)c4ccc1c2c34.c1ccc(N(c2cc(C3CCCCC3)c3ccc4ccc(C5CCCCC5)c5ccc2c3c45)c2cccc3c2oc2ccccc23)cc1. The molecule has 0 amide bonds. The first-order chi connectivity index (χ1) is 62.3. The van der Waals surface area contributed by atoms with Crippen LogP contribution in [0.15, 0.2) is 359 Å². The number of anilines is 9. The molecule has 3 aromatic heterocycles. The van der Waals surface area contributed by atoms with Crippen LogP contribution in [-0.4, -0.2) is 0 Å². The Kier molecular flexibility index (Phi) is 18.4. The van der Waals surface area contributed by atoms with Gasteiger partial charge in [-0.3, -0.25) is 0 Å². The molecule has 0 radical (unpaired) electrons. The molecule has 2 fully saturated rings. The molecule has 608 valence electrons. The molecular weight excluding hydrogens is 1530 g/mol. The molecule has 26 rings (SSSR count). The summed E-state index contributed by atoms with van der Waals surface area (Å²) in [6, 6.07) is 126. The molecule has 0 N–H and O–H groups in total. The maximum absolute atomic E-state index is 6.72. The number of hydrogen-bond acceptors (Lipinski definition) is 6. The summed E-state index contributed by atoms with van der Waals surface area (Å²) in [5.74, 6) is 1.23. The lowest BCUT2D eigenvalue weighted by atomic mass is 9.78. The van der Waals surface area contributed by atoms with Crippen LogP contribution >= 0.6 is 0 Å². The van der Waals surface area contributed by atoms with Crippen molar-refractivity contribution in [3.8, 4) is 0 Å². The topological polar surface area (TPSA) is 49.1 Å². The van der Waals surface area contributed by atoms with E-state index in [4.69, 9.17) is 13.3 Å². The molecule has 6 heteroatoms. The van der Waals surface area contributed by atoms with Crippen molar-refractivity contribution >= 4 is 214 Å². The molecular formula is C120H95N3O3. The van der Waals surface area contributed by atoms with Crippen LogP contribution in [0.2, 0.25) is 0 Å². The number of benzene rings is 21. The van der Waals surface area contributed by atoms with Gasteiger partial charge >= 0.3 is 0 Å². The monoisotopic (exact) mass is 1630 g/mol. The van der Waals surface area contributed by atoms with E-state index in [0.717, 1.165) is 118 Å². The fraction of sp³-hybridized carbons (Fsp3) is 0.150. The summed E-state index contributed by atoms with van der Waals surface area (Å²) >= 11 is 0. The van der Waals surface area contributed by atoms with Crippen molar-refractivity contribution in [2.45, 2.75) is 117 Å². The maximum Gasteiger partial charge on any atom is 0.159 e. The summed E-state index contributed by atoms with van der Waals surface area (Å²) < 4.78 is 19.8. The van der Waals surface area contributed by atoms with E-state index in [1.807, 2.05) is 12.1 Å². The molecule has 2 aliphatic rings. The van der Waals surface area contributed by atoms with Crippen LogP contribution in [0.25, 0.3) is 163 Å². The largest absolute Gasteiger partial charge is 0.454 e. The first-order valence-electron chi connectivity index (χ1n) is 45.7. The molecule has 0 bridgehead atoms. The number of rotatable bonds is 13. The lowest BCUT2D eigenvalue weighted by molar-refractivity contribution is 0.445. The second-order valence-electron chi connectivity index (χ2n) is 35.4. The standard InChI is InChI=1S/C46H41NO.C38H29NO.C36H25NO/c1-4-13-30(14-5-1)34-25-23-32-24-26-37-40(31-15-6-2-7-16-31)29-42(39-28-27-36(34)44(32)45(37)39)47(33-17-8-3-9-18-33)41-21-12-20-38-35-19-10-11-22-43(35)48-46(38)41;1-3-24-17-18-26-19-20-29-25(4-2)23-34(32-22-21-28(24)36(26)37(29)32)39(27-11-6-5-7-12-27)33-15-10-14-31-30-13-8-9-16-35(30)40-38(31)33;1-22-15-16-24-17-18-27-23(2)21-32(30-20-19-26(22)34(24)35(27)30)37(25-9-4-3-5-10-25)31-13-8-12-29-28-11-6-7-14-33(28)38-36(29)31/h3,8-12,17-31H,1-2,4-7,13-16H2;5-23H,3-4H2,1-2H3;3-21H,1-2H3. The zero-order chi connectivity index (χ0) is 83.8. The Labute approximate surface area is 732 Å². The van der Waals surface area contributed by atoms with Gasteiger partial charge in [-0.25, -0.2) is 0 Å². The van der Waals surface area contributed by atoms with Gasteiger partial charge in [-0.05, 0) is 269 Å². The number of nitrogens with zero attached hydrogens (tertiary/aromatic N) is 3. The van der Waals surface area contributed by atoms with Crippen LogP contribution in [0.3, 0.4) is 0 Å². The summed E-state index contributed by atoms with van der Waals surface area (Å²) in [5, 5.41) is 31.2. The zero-order valence-electron chi connectivity index (χ0n) is 71.6. The van der Waals surface area contributed by atoms with E-state index in [1.165, 1.54) is 200 Å². The third-order valence-corrected chi connectivity index (χ3v) is 28.4. The molecule has 0 spiro atoms. The molecule has 2 saturated carbocycles. The fourth-order valence-electron chi connectivity index (χ4n) is 22.5. The van der Waals surface area contributed by atoms with Crippen molar-refractivity contribution in [1.29, 1.82) is 0 Å². The normalized spacial score (nSPS) is 13.7. The van der Waals surface area contributed by atoms with E-state index in [1.54, 1.807) is 5.56 Å². The van der Waals surface area contributed by atoms with Gasteiger partial charge in [-0.2, -0.15) is 0 Å². The molecule has 3 heterocycles. The molecule has 0 saturated heterocycles. The Hall–Kier alpha value is -14.5. The van der Waals surface area contributed by atoms with Crippen molar-refractivity contribution < 1.29 is 13.3 Å². The van der Waals surface area contributed by atoms with Gasteiger partial charge in [0.2, 0.25) is 0 Å². The second-order valence-corrected chi connectivity index (χ2v) is 35.4. The van der Waals surface area contributed by atoms with E-state index < -0.39 is 0 Å². The number of fused-ring (bicyclic) bond motifs is 9. The fourth-order valence-corrected chi connectivity index (χ4v) is 22.5. The van der Waals surface area contributed by atoms with Crippen LogP contribution in [0.1, 0.15) is 123 Å². The van der Waals surface area contributed by atoms with Crippen LogP contribution in [0, 0.1) is 13.8 Å². The average Bonchev–Trinajstić information content (AvgIpc) is 0.758. The predicted octanol–water partition coefficient (Wildman–Crippen LogP) is 35.7. The Morgan fingerprint density at radius 3 is 1.06 bits per heavy atom. The maximum atomic E-state index is 6.72. The number of aryl methyl sites for hydroxylation is 4. The van der Waals surface area contributed by atoms with E-state index >= 15 is 0 Å². The summed E-state index contributed by atoms with van der Waals surface area (Å²) in [5.41, 5.74) is 24.0. The van der Waals surface area contributed by atoms with Crippen molar-refractivity contribution in [2.24, 2.45) is 0 Å². The zero-order valence-corrected chi connectivity index (χ0v) is 71.6. The minimum Gasteiger partial charge on any atom is -0.454 e. The lowest BCUT2D eigenvalue weighted by Gasteiger charge is -2.31. The molecule has 0 atom stereocenters. The summed E-state index contributed by atoms with van der Waals surface area (Å²) in [4.78, 5) is 7.26. The highest BCUT2D eigenvalue weighted by molar-refractivity contribution is 6.31. The molecule has 0 unspecified atom stereocenters. The minimum absolute atomic E-state index is 0.569. The first kappa shape index (κ1) is 75.3. The Morgan fingerprint density at radius 2 is 0.563 bits per heavy atom. The molecule has 0 aliphatic heterocycles. The summed E-state index contributed by atoms with van der Waals surface area (Å²) in [7, 11) is 0. The van der Waals surface area contributed by atoms with E-state index in [9.17, 15) is 0 Å². The van der Waals surface area contributed by atoms with Crippen molar-refractivity contribution in [3.05, 3.63) is 379 Å². The Morgan fingerprint density at radius 1 is 0.230 bits per heavy atom. The summed E-state index contributed by atoms with van der Waals surface area (Å²) in [6.07, 6.45) is 15.2. The smallest absolute Gasteiger partial charge is 0.159 e. The Bertz CT molecular complexity index is 8310. The van der Waals surface area contributed by atoms with Gasteiger partial charge in [-0.15, -0.1) is 0 Å². The number of para-hydroxylation sites is 9. The molecule has 6 nitrogen and oxygen atoms in total. The van der Waals surface area contributed by atoms with E-state index in [-0.39, 0.29) is 0 Å². The second kappa shape index (κ2) is 30.8. The first-order valence-corrected chi connectivity index (χ1v) is 45.7. The van der Waals surface area contributed by atoms with Gasteiger partial charge in [0.15, 0.2) is 16.7 Å². The van der Waals surface area contributed by atoms with Gasteiger partial charge < -0.3 is 28.0 Å². The molecule has 2 aliphatic carbocycles. The van der Waals surface area contributed by atoms with Gasteiger partial charge in [0.05, 0.1) is 34.1 Å². The highest BCUT2D eigenvalue weighted by atomic mass is 16.3. The highest BCUT2D eigenvalue weighted by Crippen LogP contribution is 2.55. The van der Waals surface area contributed by atoms with Crippen LogP contribution in [0.4, 0.5) is 51.2 Å². The highest BCUT2D eigenvalue weighted by Gasteiger charge is 2.31. The van der Waals surface area contributed by atoms with Gasteiger partial charge in [0.25, 0.3) is 0 Å². The quantitative estimate of drug-likeness (QED) is 0.107. The Balaban J connectivity index is 0.000000107. The minimum atomic E-state index is 0.569. The van der Waals surface area contributed by atoms with Crippen LogP contribution in [0.5, 0.6) is 0 Å². The van der Waals surface area contributed by atoms with E-state index in [2.05, 4.69) is 376 Å². The third kappa shape index (κ3) is 12.2. The van der Waals surface area contributed by atoms with Crippen molar-refractivity contribution in [2.75, 3.05) is 14.7 Å². The van der Waals surface area contributed by atoms with Crippen molar-refractivity contribution in [3.63, 3.8) is 0 Å².